The number of hydrogen-bond acceptors (Lipinski definition) is 7. The summed E-state index contributed by atoms with van der Waals surface area (Å²) in [6.07, 6.45) is 1.11. The second kappa shape index (κ2) is 12.2. The van der Waals surface area contributed by atoms with Crippen LogP contribution in [0.2, 0.25) is 0 Å². The van der Waals surface area contributed by atoms with Crippen LogP contribution in [0, 0.1) is 5.82 Å². The van der Waals surface area contributed by atoms with Gasteiger partial charge >= 0.3 is 0 Å². The highest BCUT2D eigenvalue weighted by Crippen LogP contribution is 2.23. The summed E-state index contributed by atoms with van der Waals surface area (Å²) >= 11 is 0. The monoisotopic (exact) mass is 446 g/mol. The fraction of sp³-hybridized carbons (Fsp3) is 0.458. The van der Waals surface area contributed by atoms with E-state index in [-0.39, 0.29) is 19.0 Å². The lowest BCUT2D eigenvalue weighted by Gasteiger charge is -2.39. The zero-order chi connectivity index (χ0) is 22.9. The number of piperidine rings is 1. The summed E-state index contributed by atoms with van der Waals surface area (Å²) in [5.74, 6) is -0.758. The van der Waals surface area contributed by atoms with Crippen molar-refractivity contribution >= 4 is 5.78 Å². The fourth-order valence-corrected chi connectivity index (χ4v) is 4.01. The van der Waals surface area contributed by atoms with Gasteiger partial charge in [-0.2, -0.15) is 5.48 Å². The Morgan fingerprint density at radius 3 is 2.59 bits per heavy atom. The Balaban J connectivity index is 1.36. The second-order valence-corrected chi connectivity index (χ2v) is 8.07. The van der Waals surface area contributed by atoms with E-state index in [4.69, 9.17) is 9.94 Å². The number of unbranched alkanes of at least 4 members (excludes halogenated alkanes) is 2. The molecule has 3 rings (SSSR count). The molecule has 174 valence electrons. The van der Waals surface area contributed by atoms with Crippen LogP contribution in [0.3, 0.4) is 0 Å². The van der Waals surface area contributed by atoms with E-state index in [9.17, 15) is 19.4 Å². The van der Waals surface area contributed by atoms with Crippen LogP contribution in [0.25, 0.3) is 11.1 Å². The van der Waals surface area contributed by atoms with Gasteiger partial charge in [-0.15, -0.1) is 0 Å². The first-order chi connectivity index (χ1) is 15.5. The molecule has 1 heterocycles. The third-order valence-electron chi connectivity index (χ3n) is 5.83. The molecule has 1 aliphatic rings. The molecule has 0 bridgehead atoms. The van der Waals surface area contributed by atoms with Crippen molar-refractivity contribution in [3.63, 3.8) is 0 Å². The normalized spacial score (nSPS) is 21.8. The lowest BCUT2D eigenvalue weighted by Crippen LogP contribution is -2.63. The number of nitrogens with one attached hydrogen (secondary N) is 1. The molecule has 3 unspecified atom stereocenters. The molecule has 1 saturated heterocycles. The van der Waals surface area contributed by atoms with E-state index in [1.54, 1.807) is 11.0 Å². The number of aliphatic hydroxyl groups is 2. The number of Topliss-reactive ketones (excluding diaryl/α,β-unsaturated/α-hetero) is 1. The smallest absolute Gasteiger partial charge is 0.182 e. The van der Waals surface area contributed by atoms with Gasteiger partial charge < -0.3 is 20.2 Å². The summed E-state index contributed by atoms with van der Waals surface area (Å²) in [5.41, 5.74) is 4.15. The molecule has 2 aromatic rings. The Hall–Kier alpha value is -2.20. The SMILES string of the molecule is O=C1C(O)C(NO)CN(CCCCCOCc2ccc(-c3ccccc3)c(F)c2)C1CO. The van der Waals surface area contributed by atoms with Gasteiger partial charge in [0, 0.05) is 18.7 Å². The van der Waals surface area contributed by atoms with Crippen molar-refractivity contribution in [2.45, 2.75) is 44.1 Å². The summed E-state index contributed by atoms with van der Waals surface area (Å²) in [6, 6.07) is 13.0. The summed E-state index contributed by atoms with van der Waals surface area (Å²) < 4.78 is 20.1. The first-order valence-corrected chi connectivity index (χ1v) is 10.9. The van der Waals surface area contributed by atoms with E-state index in [1.165, 1.54) is 6.07 Å². The molecule has 7 nitrogen and oxygen atoms in total. The zero-order valence-electron chi connectivity index (χ0n) is 18.0. The second-order valence-electron chi connectivity index (χ2n) is 8.07. The molecule has 0 spiro atoms. The van der Waals surface area contributed by atoms with Crippen molar-refractivity contribution in [1.29, 1.82) is 0 Å². The maximum Gasteiger partial charge on any atom is 0.182 e. The molecule has 8 heteroatoms. The molecule has 2 aromatic carbocycles. The van der Waals surface area contributed by atoms with Crippen LogP contribution in [0.4, 0.5) is 4.39 Å². The molecular formula is C24H31FN2O5. The molecule has 0 aliphatic carbocycles. The van der Waals surface area contributed by atoms with Gasteiger partial charge in [0.25, 0.3) is 0 Å². The molecule has 0 radical (unpaired) electrons. The van der Waals surface area contributed by atoms with Crippen LogP contribution in [0.1, 0.15) is 24.8 Å². The highest BCUT2D eigenvalue weighted by Gasteiger charge is 2.40. The number of hydrogen-bond donors (Lipinski definition) is 4. The van der Waals surface area contributed by atoms with Crippen molar-refractivity contribution in [3.8, 4) is 11.1 Å². The maximum absolute atomic E-state index is 14.4. The van der Waals surface area contributed by atoms with Crippen molar-refractivity contribution in [1.82, 2.24) is 10.4 Å². The number of nitrogens with zero attached hydrogens (tertiary/aromatic N) is 1. The third kappa shape index (κ3) is 6.19. The van der Waals surface area contributed by atoms with Crippen molar-refractivity contribution in [2.75, 3.05) is 26.3 Å². The lowest BCUT2D eigenvalue weighted by atomic mass is 9.94. The van der Waals surface area contributed by atoms with Gasteiger partial charge in [-0.1, -0.05) is 42.5 Å². The standard InChI is InChI=1S/C24H31FN2O5/c25-20-13-17(9-10-19(20)18-7-3-1-4-8-18)16-32-12-6-2-5-11-27-14-21(26-31)23(29)24(30)22(27)15-28/h1,3-4,7-10,13,21-23,26,28-29,31H,2,5-6,11-12,14-16H2. The number of halogens is 1. The average Bonchev–Trinajstić information content (AvgIpc) is 2.81. The largest absolute Gasteiger partial charge is 0.394 e. The first kappa shape index (κ1) is 24.4. The molecule has 4 N–H and O–H groups in total. The van der Waals surface area contributed by atoms with Crippen molar-refractivity contribution in [2.24, 2.45) is 0 Å². The lowest BCUT2D eigenvalue weighted by molar-refractivity contribution is -0.144. The number of ketones is 1. The Bertz CT molecular complexity index is 867. The minimum absolute atomic E-state index is 0.271. The number of aliphatic hydroxyl groups excluding tert-OH is 2. The van der Waals surface area contributed by atoms with E-state index >= 15 is 0 Å². The topological polar surface area (TPSA) is 102 Å². The van der Waals surface area contributed by atoms with E-state index in [2.05, 4.69) is 0 Å². The Labute approximate surface area is 187 Å². The summed E-state index contributed by atoms with van der Waals surface area (Å²) in [4.78, 5) is 13.9. The van der Waals surface area contributed by atoms with Crippen molar-refractivity contribution in [3.05, 3.63) is 59.9 Å². The van der Waals surface area contributed by atoms with Gasteiger partial charge in [-0.05, 0) is 43.0 Å². The average molecular weight is 447 g/mol. The molecule has 1 fully saturated rings. The molecule has 1 aliphatic heterocycles. The Morgan fingerprint density at radius 1 is 1.12 bits per heavy atom. The molecule has 0 aromatic heterocycles. The number of carbonyl (C=O) groups is 1. The molecule has 32 heavy (non-hydrogen) atoms. The molecule has 0 saturated carbocycles. The molecular weight excluding hydrogens is 415 g/mol. The number of carbonyl (C=O) groups excluding carboxylic acids is 1. The summed E-state index contributed by atoms with van der Waals surface area (Å²) in [6.45, 7) is 1.34. The van der Waals surface area contributed by atoms with Gasteiger partial charge in [0.2, 0.25) is 0 Å². The maximum atomic E-state index is 14.4. The predicted molar refractivity (Wildman–Crippen MR) is 118 cm³/mol. The Kier molecular flexibility index (Phi) is 9.28. The van der Waals surface area contributed by atoms with Crippen LogP contribution in [0.5, 0.6) is 0 Å². The van der Waals surface area contributed by atoms with Gasteiger partial charge in [0.1, 0.15) is 11.9 Å². The van der Waals surface area contributed by atoms with Crippen LogP contribution < -0.4 is 5.48 Å². The van der Waals surface area contributed by atoms with Crippen LogP contribution in [-0.4, -0.2) is 70.6 Å². The molecule has 0 amide bonds. The van der Waals surface area contributed by atoms with Gasteiger partial charge in [-0.3, -0.25) is 9.69 Å². The van der Waals surface area contributed by atoms with Gasteiger partial charge in [0.05, 0.1) is 25.3 Å². The number of likely N-dealkylation sites (tertiary alicyclic amines) is 1. The van der Waals surface area contributed by atoms with E-state index in [1.807, 2.05) is 41.9 Å². The van der Waals surface area contributed by atoms with Crippen LogP contribution in [-0.2, 0) is 16.1 Å². The van der Waals surface area contributed by atoms with E-state index in [0.717, 1.165) is 30.4 Å². The third-order valence-corrected chi connectivity index (χ3v) is 5.83. The zero-order valence-corrected chi connectivity index (χ0v) is 18.0. The van der Waals surface area contributed by atoms with E-state index in [0.29, 0.717) is 25.3 Å². The van der Waals surface area contributed by atoms with Gasteiger partial charge in [0.15, 0.2) is 5.78 Å². The minimum atomic E-state index is -1.33. The van der Waals surface area contributed by atoms with E-state index < -0.39 is 24.0 Å². The first-order valence-electron chi connectivity index (χ1n) is 10.9. The quantitative estimate of drug-likeness (QED) is 0.310. The number of hydroxylamine groups is 1. The van der Waals surface area contributed by atoms with Crippen LogP contribution in [0.15, 0.2) is 48.5 Å². The number of ether oxygens (including phenoxy) is 1. The predicted octanol–water partition coefficient (Wildman–Crippen LogP) is 2.13. The molecule has 3 atom stereocenters. The van der Waals surface area contributed by atoms with Crippen LogP contribution >= 0.6 is 0 Å². The number of rotatable bonds is 11. The van der Waals surface area contributed by atoms with Crippen molar-refractivity contribution < 1.29 is 29.3 Å². The summed E-state index contributed by atoms with van der Waals surface area (Å²) in [7, 11) is 0. The fourth-order valence-electron chi connectivity index (χ4n) is 4.01. The Morgan fingerprint density at radius 2 is 1.91 bits per heavy atom. The highest BCUT2D eigenvalue weighted by molar-refractivity contribution is 5.89. The van der Waals surface area contributed by atoms with Gasteiger partial charge in [-0.25, -0.2) is 4.39 Å². The highest BCUT2D eigenvalue weighted by atomic mass is 19.1. The number of benzene rings is 2. The minimum Gasteiger partial charge on any atom is -0.394 e. The summed E-state index contributed by atoms with van der Waals surface area (Å²) in [5, 5.41) is 28.5.